The predicted molar refractivity (Wildman–Crippen MR) is 82.9 cm³/mol. The smallest absolute Gasteiger partial charge is 0.0693 e. The van der Waals surface area contributed by atoms with Crippen LogP contribution in [0.3, 0.4) is 0 Å². The SMILES string of the molecule is C/C=C\C(/C=C\C1=C(C)c2ncccc2CC1)CC. The molecule has 0 aliphatic heterocycles. The Labute approximate surface area is 116 Å². The highest BCUT2D eigenvalue weighted by Crippen LogP contribution is 2.30. The molecule has 1 nitrogen and oxygen atoms in total. The molecule has 1 heteroatoms. The maximum atomic E-state index is 4.53. The monoisotopic (exact) mass is 253 g/mol. The van der Waals surface area contributed by atoms with Crippen LogP contribution < -0.4 is 0 Å². The van der Waals surface area contributed by atoms with E-state index < -0.39 is 0 Å². The quantitative estimate of drug-likeness (QED) is 0.691. The lowest BCUT2D eigenvalue weighted by Crippen LogP contribution is -2.04. The third-order valence-corrected chi connectivity index (χ3v) is 3.85. The average Bonchev–Trinajstić information content (AvgIpc) is 2.45. The molecule has 1 unspecified atom stereocenters. The van der Waals surface area contributed by atoms with Gasteiger partial charge in [0.2, 0.25) is 0 Å². The van der Waals surface area contributed by atoms with Gasteiger partial charge in [0.05, 0.1) is 5.69 Å². The summed E-state index contributed by atoms with van der Waals surface area (Å²) in [6.07, 6.45) is 14.3. The molecule has 1 heterocycles. The van der Waals surface area contributed by atoms with E-state index in [1.54, 1.807) is 0 Å². The fraction of sp³-hybridized carbons (Fsp3) is 0.389. The molecule has 1 aromatic heterocycles. The van der Waals surface area contributed by atoms with Crippen LogP contribution in [0.4, 0.5) is 0 Å². The summed E-state index contributed by atoms with van der Waals surface area (Å²) in [5, 5.41) is 0. The van der Waals surface area contributed by atoms with E-state index in [-0.39, 0.29) is 0 Å². The molecule has 0 radical (unpaired) electrons. The lowest BCUT2D eigenvalue weighted by molar-refractivity contribution is 0.770. The normalized spacial score (nSPS) is 17.2. The van der Waals surface area contributed by atoms with Gasteiger partial charge < -0.3 is 0 Å². The third kappa shape index (κ3) is 3.23. The minimum absolute atomic E-state index is 0.551. The first-order valence-electron chi connectivity index (χ1n) is 7.21. The third-order valence-electron chi connectivity index (χ3n) is 3.85. The second-order valence-electron chi connectivity index (χ2n) is 5.12. The first kappa shape index (κ1) is 13.8. The molecule has 2 rings (SSSR count). The molecule has 0 spiro atoms. The maximum Gasteiger partial charge on any atom is 0.0693 e. The van der Waals surface area contributed by atoms with Gasteiger partial charge in [-0.05, 0) is 61.8 Å². The summed E-state index contributed by atoms with van der Waals surface area (Å²) in [7, 11) is 0. The molecule has 0 N–H and O–H groups in total. The van der Waals surface area contributed by atoms with Crippen LogP contribution in [0.25, 0.3) is 5.57 Å². The Balaban J connectivity index is 2.24. The molecular formula is C18H23N. The van der Waals surface area contributed by atoms with Gasteiger partial charge in [-0.1, -0.05) is 37.3 Å². The van der Waals surface area contributed by atoms with E-state index in [0.717, 1.165) is 19.3 Å². The van der Waals surface area contributed by atoms with Crippen LogP contribution in [-0.2, 0) is 6.42 Å². The van der Waals surface area contributed by atoms with Crippen molar-refractivity contribution in [3.05, 3.63) is 59.5 Å². The van der Waals surface area contributed by atoms with Crippen LogP contribution in [0.15, 0.2) is 48.2 Å². The first-order chi connectivity index (χ1) is 9.26. The lowest BCUT2D eigenvalue weighted by atomic mass is 9.89. The van der Waals surface area contributed by atoms with Crippen molar-refractivity contribution < 1.29 is 0 Å². The average molecular weight is 253 g/mol. The topological polar surface area (TPSA) is 12.9 Å². The molecule has 1 aromatic rings. The molecule has 0 saturated heterocycles. The van der Waals surface area contributed by atoms with Gasteiger partial charge in [-0.3, -0.25) is 4.98 Å². The molecule has 0 bridgehead atoms. The van der Waals surface area contributed by atoms with Gasteiger partial charge in [0, 0.05) is 6.20 Å². The minimum Gasteiger partial charge on any atom is -0.256 e. The van der Waals surface area contributed by atoms with E-state index in [4.69, 9.17) is 0 Å². The number of aromatic nitrogens is 1. The van der Waals surface area contributed by atoms with Gasteiger partial charge in [-0.15, -0.1) is 0 Å². The summed E-state index contributed by atoms with van der Waals surface area (Å²) in [6.45, 7) is 6.51. The van der Waals surface area contributed by atoms with Gasteiger partial charge in [-0.25, -0.2) is 0 Å². The predicted octanol–water partition coefficient (Wildman–Crippen LogP) is 4.96. The lowest BCUT2D eigenvalue weighted by Gasteiger charge is -2.18. The van der Waals surface area contributed by atoms with E-state index in [2.05, 4.69) is 56.1 Å². The van der Waals surface area contributed by atoms with E-state index in [0.29, 0.717) is 5.92 Å². The molecule has 19 heavy (non-hydrogen) atoms. The van der Waals surface area contributed by atoms with Crippen LogP contribution in [0.5, 0.6) is 0 Å². The van der Waals surface area contributed by atoms with Gasteiger partial charge in [0.1, 0.15) is 0 Å². The highest BCUT2D eigenvalue weighted by atomic mass is 14.7. The van der Waals surface area contributed by atoms with Crippen LogP contribution in [0.1, 0.15) is 44.9 Å². The molecule has 0 amide bonds. The van der Waals surface area contributed by atoms with Crippen molar-refractivity contribution in [2.24, 2.45) is 5.92 Å². The fourth-order valence-corrected chi connectivity index (χ4v) is 2.62. The summed E-state index contributed by atoms with van der Waals surface area (Å²) < 4.78 is 0. The Morgan fingerprint density at radius 3 is 2.89 bits per heavy atom. The number of aryl methyl sites for hydroxylation is 1. The van der Waals surface area contributed by atoms with Crippen molar-refractivity contribution >= 4 is 5.57 Å². The summed E-state index contributed by atoms with van der Waals surface area (Å²) in [5.41, 5.74) is 5.35. The van der Waals surface area contributed by atoms with Gasteiger partial charge in [0.15, 0.2) is 0 Å². The zero-order valence-electron chi connectivity index (χ0n) is 12.2. The Morgan fingerprint density at radius 2 is 2.16 bits per heavy atom. The molecule has 1 aliphatic carbocycles. The second kappa shape index (κ2) is 6.51. The molecule has 100 valence electrons. The highest BCUT2D eigenvalue weighted by molar-refractivity contribution is 5.70. The van der Waals surface area contributed by atoms with Crippen LogP contribution in [0, 0.1) is 5.92 Å². The van der Waals surface area contributed by atoms with E-state index in [1.807, 2.05) is 12.3 Å². The zero-order valence-corrected chi connectivity index (χ0v) is 12.2. The summed E-state index contributed by atoms with van der Waals surface area (Å²) in [5.74, 6) is 0.551. The minimum atomic E-state index is 0.551. The summed E-state index contributed by atoms with van der Waals surface area (Å²) in [6, 6.07) is 4.23. The van der Waals surface area contributed by atoms with E-state index >= 15 is 0 Å². The Morgan fingerprint density at radius 1 is 1.32 bits per heavy atom. The van der Waals surface area contributed by atoms with Crippen molar-refractivity contribution in [2.75, 3.05) is 0 Å². The Kier molecular flexibility index (Phi) is 4.73. The number of pyridine rings is 1. The van der Waals surface area contributed by atoms with Gasteiger partial charge >= 0.3 is 0 Å². The van der Waals surface area contributed by atoms with Gasteiger partial charge in [-0.2, -0.15) is 0 Å². The van der Waals surface area contributed by atoms with Crippen LogP contribution >= 0.6 is 0 Å². The second-order valence-corrected chi connectivity index (χ2v) is 5.12. The first-order valence-corrected chi connectivity index (χ1v) is 7.21. The van der Waals surface area contributed by atoms with Crippen LogP contribution in [-0.4, -0.2) is 4.98 Å². The maximum absolute atomic E-state index is 4.53. The fourth-order valence-electron chi connectivity index (χ4n) is 2.62. The molecule has 0 fully saturated rings. The number of hydrogen-bond donors (Lipinski definition) is 0. The number of hydrogen-bond acceptors (Lipinski definition) is 1. The Hall–Kier alpha value is -1.63. The molecule has 1 atom stereocenters. The van der Waals surface area contributed by atoms with Crippen molar-refractivity contribution in [1.82, 2.24) is 4.98 Å². The molecule has 0 saturated carbocycles. The van der Waals surface area contributed by atoms with Gasteiger partial charge in [0.25, 0.3) is 0 Å². The number of nitrogens with zero attached hydrogens (tertiary/aromatic N) is 1. The molecular weight excluding hydrogens is 230 g/mol. The van der Waals surface area contributed by atoms with E-state index in [1.165, 1.54) is 22.4 Å². The van der Waals surface area contributed by atoms with Crippen molar-refractivity contribution in [1.29, 1.82) is 0 Å². The van der Waals surface area contributed by atoms with E-state index in [9.17, 15) is 0 Å². The number of rotatable bonds is 4. The molecule has 1 aliphatic rings. The van der Waals surface area contributed by atoms with Crippen molar-refractivity contribution in [3.63, 3.8) is 0 Å². The largest absolute Gasteiger partial charge is 0.256 e. The standard InChI is InChI=1S/C18H23N/c1-4-7-15(5-2)9-10-16-11-12-17-8-6-13-19-18(17)14(16)3/h4,6-10,13,15H,5,11-12H2,1-3H3/b7-4-,10-9-. The van der Waals surface area contributed by atoms with Crippen molar-refractivity contribution in [2.45, 2.75) is 40.0 Å². The summed E-state index contributed by atoms with van der Waals surface area (Å²) >= 11 is 0. The Bertz CT molecular complexity index is 520. The number of allylic oxidation sites excluding steroid dienone is 6. The number of fused-ring (bicyclic) bond motifs is 1. The van der Waals surface area contributed by atoms with Crippen LogP contribution in [0.2, 0.25) is 0 Å². The summed E-state index contributed by atoms with van der Waals surface area (Å²) in [4.78, 5) is 4.53. The molecule has 0 aromatic carbocycles. The van der Waals surface area contributed by atoms with Crippen molar-refractivity contribution in [3.8, 4) is 0 Å². The highest BCUT2D eigenvalue weighted by Gasteiger charge is 2.14. The zero-order chi connectivity index (χ0) is 13.7.